The number of hydrogen-bond donors (Lipinski definition) is 1. The third kappa shape index (κ3) is 3.59. The molecule has 0 aromatic heterocycles. The maximum absolute atomic E-state index is 12.3. The molecule has 120 valence electrons. The summed E-state index contributed by atoms with van der Waals surface area (Å²) in [6.45, 7) is 7.81. The fraction of sp³-hybridized carbons (Fsp3) is 0.529. The third-order valence-corrected chi connectivity index (χ3v) is 3.71. The summed E-state index contributed by atoms with van der Waals surface area (Å²) in [7, 11) is 0. The number of carboxylic acids is 1. The van der Waals surface area contributed by atoms with Crippen LogP contribution >= 0.6 is 0 Å². The molecule has 22 heavy (non-hydrogen) atoms. The number of hydrogen-bond acceptors (Lipinski definition) is 3. The Hall–Kier alpha value is -2.04. The van der Waals surface area contributed by atoms with Crippen molar-refractivity contribution in [3.63, 3.8) is 0 Å². The SMILES string of the molecule is CC(C(=O)O)c1ccc2c(c1)CCCN2C(=O)OC(C)(C)C. The van der Waals surface area contributed by atoms with Crippen LogP contribution in [-0.4, -0.2) is 29.3 Å². The van der Waals surface area contributed by atoms with E-state index in [4.69, 9.17) is 9.84 Å². The zero-order valence-corrected chi connectivity index (χ0v) is 13.5. The lowest BCUT2D eigenvalue weighted by Gasteiger charge is -2.32. The van der Waals surface area contributed by atoms with E-state index in [1.165, 1.54) is 0 Å². The van der Waals surface area contributed by atoms with E-state index in [9.17, 15) is 9.59 Å². The highest BCUT2D eigenvalue weighted by molar-refractivity contribution is 5.89. The topological polar surface area (TPSA) is 66.8 Å². The Morgan fingerprint density at radius 3 is 2.59 bits per heavy atom. The van der Waals surface area contributed by atoms with Crippen LogP contribution in [0.1, 0.15) is 51.2 Å². The third-order valence-electron chi connectivity index (χ3n) is 3.71. The summed E-state index contributed by atoms with van der Waals surface area (Å²) in [5.41, 5.74) is 2.05. The van der Waals surface area contributed by atoms with Gasteiger partial charge < -0.3 is 9.84 Å². The highest BCUT2D eigenvalue weighted by Crippen LogP contribution is 2.31. The van der Waals surface area contributed by atoms with E-state index in [0.29, 0.717) is 6.54 Å². The van der Waals surface area contributed by atoms with E-state index < -0.39 is 17.5 Å². The highest BCUT2D eigenvalue weighted by atomic mass is 16.6. The molecule has 0 saturated carbocycles. The molecule has 1 atom stereocenters. The van der Waals surface area contributed by atoms with Crippen molar-refractivity contribution in [2.24, 2.45) is 0 Å². The van der Waals surface area contributed by atoms with Crippen molar-refractivity contribution in [2.45, 2.75) is 52.1 Å². The number of aliphatic carboxylic acids is 1. The molecule has 0 aliphatic carbocycles. The number of ether oxygens (including phenoxy) is 1. The van der Waals surface area contributed by atoms with Gasteiger partial charge in [0.2, 0.25) is 0 Å². The molecule has 1 aromatic carbocycles. The largest absolute Gasteiger partial charge is 0.481 e. The number of carbonyl (C=O) groups excluding carboxylic acids is 1. The van der Waals surface area contributed by atoms with Crippen LogP contribution in [0.3, 0.4) is 0 Å². The van der Waals surface area contributed by atoms with Crippen LogP contribution < -0.4 is 4.90 Å². The second-order valence-electron chi connectivity index (χ2n) is 6.68. The summed E-state index contributed by atoms with van der Waals surface area (Å²) in [4.78, 5) is 25.1. The minimum absolute atomic E-state index is 0.354. The van der Waals surface area contributed by atoms with Crippen LogP contribution in [0.15, 0.2) is 18.2 Å². The van der Waals surface area contributed by atoms with Gasteiger partial charge in [0.1, 0.15) is 5.60 Å². The lowest BCUT2D eigenvalue weighted by molar-refractivity contribution is -0.138. The van der Waals surface area contributed by atoms with Gasteiger partial charge in [0.05, 0.1) is 11.6 Å². The van der Waals surface area contributed by atoms with Crippen molar-refractivity contribution >= 4 is 17.7 Å². The molecular weight excluding hydrogens is 282 g/mol. The molecule has 0 bridgehead atoms. The molecule has 0 fully saturated rings. The minimum Gasteiger partial charge on any atom is -0.481 e. The number of fused-ring (bicyclic) bond motifs is 1. The fourth-order valence-corrected chi connectivity index (χ4v) is 2.54. The lowest BCUT2D eigenvalue weighted by Crippen LogP contribution is -2.39. The van der Waals surface area contributed by atoms with Gasteiger partial charge in [-0.05, 0) is 57.7 Å². The van der Waals surface area contributed by atoms with Crippen molar-refractivity contribution < 1.29 is 19.4 Å². The molecule has 1 unspecified atom stereocenters. The van der Waals surface area contributed by atoms with Gasteiger partial charge in [-0.25, -0.2) is 4.79 Å². The van der Waals surface area contributed by atoms with E-state index >= 15 is 0 Å². The average molecular weight is 305 g/mol. The summed E-state index contributed by atoms with van der Waals surface area (Å²) in [5, 5.41) is 9.12. The quantitative estimate of drug-likeness (QED) is 0.907. The monoisotopic (exact) mass is 305 g/mol. The number of amides is 1. The molecule has 5 heteroatoms. The van der Waals surface area contributed by atoms with Gasteiger partial charge in [0, 0.05) is 6.54 Å². The van der Waals surface area contributed by atoms with Gasteiger partial charge in [-0.15, -0.1) is 0 Å². The van der Waals surface area contributed by atoms with Crippen LogP contribution in [0, 0.1) is 0 Å². The van der Waals surface area contributed by atoms with E-state index in [1.807, 2.05) is 32.9 Å². The van der Waals surface area contributed by atoms with Crippen molar-refractivity contribution in [1.29, 1.82) is 0 Å². The smallest absolute Gasteiger partial charge is 0.414 e. The average Bonchev–Trinajstić information content (AvgIpc) is 2.43. The first-order valence-corrected chi connectivity index (χ1v) is 7.55. The van der Waals surface area contributed by atoms with E-state index in [1.54, 1.807) is 17.9 Å². The van der Waals surface area contributed by atoms with Gasteiger partial charge in [-0.2, -0.15) is 0 Å². The van der Waals surface area contributed by atoms with Crippen molar-refractivity contribution in [3.8, 4) is 0 Å². The second kappa shape index (κ2) is 5.99. The highest BCUT2D eigenvalue weighted by Gasteiger charge is 2.28. The Morgan fingerprint density at radius 1 is 1.32 bits per heavy atom. The summed E-state index contributed by atoms with van der Waals surface area (Å²) in [6.07, 6.45) is 1.33. The van der Waals surface area contributed by atoms with Crippen LogP contribution in [-0.2, 0) is 16.0 Å². The number of nitrogens with zero attached hydrogens (tertiary/aromatic N) is 1. The molecule has 1 aromatic rings. The predicted octanol–water partition coefficient (Wildman–Crippen LogP) is 3.56. The maximum atomic E-state index is 12.3. The van der Waals surface area contributed by atoms with E-state index in [2.05, 4.69) is 0 Å². The van der Waals surface area contributed by atoms with Gasteiger partial charge in [-0.1, -0.05) is 12.1 Å². The fourth-order valence-electron chi connectivity index (χ4n) is 2.54. The van der Waals surface area contributed by atoms with Crippen molar-refractivity contribution in [2.75, 3.05) is 11.4 Å². The Balaban J connectivity index is 2.28. The molecule has 1 N–H and O–H groups in total. The molecule has 1 amide bonds. The molecule has 5 nitrogen and oxygen atoms in total. The Kier molecular flexibility index (Phi) is 4.44. The summed E-state index contributed by atoms with van der Waals surface area (Å²) in [5.74, 6) is -1.40. The minimum atomic E-state index is -0.847. The molecule has 1 aliphatic heterocycles. The maximum Gasteiger partial charge on any atom is 0.414 e. The molecule has 2 rings (SSSR count). The van der Waals surface area contributed by atoms with Gasteiger partial charge in [0.25, 0.3) is 0 Å². The molecule has 1 heterocycles. The number of benzene rings is 1. The van der Waals surface area contributed by atoms with Crippen LogP contribution in [0.2, 0.25) is 0 Å². The number of anilines is 1. The first-order valence-electron chi connectivity index (χ1n) is 7.55. The number of carbonyl (C=O) groups is 2. The summed E-state index contributed by atoms with van der Waals surface area (Å²) < 4.78 is 5.44. The van der Waals surface area contributed by atoms with Gasteiger partial charge in [0.15, 0.2) is 0 Å². The van der Waals surface area contributed by atoms with Crippen molar-refractivity contribution in [1.82, 2.24) is 0 Å². The normalized spacial score (nSPS) is 15.9. The standard InChI is InChI=1S/C17H23NO4/c1-11(15(19)20)12-7-8-14-13(10-12)6-5-9-18(14)16(21)22-17(2,3)4/h7-8,10-11H,5-6,9H2,1-4H3,(H,19,20). The predicted molar refractivity (Wildman–Crippen MR) is 84.4 cm³/mol. The van der Waals surface area contributed by atoms with Crippen LogP contribution in [0.25, 0.3) is 0 Å². The Bertz CT molecular complexity index is 589. The van der Waals surface area contributed by atoms with Gasteiger partial charge in [-0.3, -0.25) is 9.69 Å². The van der Waals surface area contributed by atoms with Crippen molar-refractivity contribution in [3.05, 3.63) is 29.3 Å². The Labute approximate surface area is 130 Å². The lowest BCUT2D eigenvalue weighted by atomic mass is 9.94. The molecule has 0 spiro atoms. The van der Waals surface area contributed by atoms with Crippen LogP contribution in [0.5, 0.6) is 0 Å². The first kappa shape index (κ1) is 16.3. The zero-order chi connectivity index (χ0) is 16.5. The molecule has 0 radical (unpaired) electrons. The van der Waals surface area contributed by atoms with E-state index in [-0.39, 0.29) is 6.09 Å². The number of rotatable bonds is 2. The summed E-state index contributed by atoms with van der Waals surface area (Å²) >= 11 is 0. The Morgan fingerprint density at radius 2 is 2.00 bits per heavy atom. The summed E-state index contributed by atoms with van der Waals surface area (Å²) in [6, 6.07) is 5.50. The van der Waals surface area contributed by atoms with Gasteiger partial charge >= 0.3 is 12.1 Å². The second-order valence-corrected chi connectivity index (χ2v) is 6.68. The molecule has 1 aliphatic rings. The first-order chi connectivity index (χ1) is 10.2. The zero-order valence-electron chi connectivity index (χ0n) is 13.5. The number of carboxylic acid groups (broad SMARTS) is 1. The molecule has 0 saturated heterocycles. The van der Waals surface area contributed by atoms with E-state index in [0.717, 1.165) is 29.7 Å². The van der Waals surface area contributed by atoms with Crippen LogP contribution in [0.4, 0.5) is 10.5 Å². The molecular formula is C17H23NO4. The number of aryl methyl sites for hydroxylation is 1.